The molecule has 19 heavy (non-hydrogen) atoms. The third kappa shape index (κ3) is 3.45. The van der Waals surface area contributed by atoms with Crippen molar-refractivity contribution in [2.24, 2.45) is 5.73 Å². The van der Waals surface area contributed by atoms with Gasteiger partial charge in [0.1, 0.15) is 11.6 Å². The highest BCUT2D eigenvalue weighted by atomic mass is 19.1. The van der Waals surface area contributed by atoms with Crippen LogP contribution in [0.5, 0.6) is 5.75 Å². The normalized spacial score (nSPS) is 10.3. The molecular weight excluding hydrogens is 243 g/mol. The number of benzene rings is 2. The number of methoxy groups -OCH3 is 1. The molecule has 0 unspecified atom stereocenters. The fourth-order valence-corrected chi connectivity index (χ4v) is 1.81. The van der Waals surface area contributed by atoms with Crippen LogP contribution in [-0.2, 0) is 6.42 Å². The Bertz CT molecular complexity index is 540. The Hall–Kier alpha value is -2.07. The lowest BCUT2D eigenvalue weighted by molar-refractivity contribution is 0.415. The van der Waals surface area contributed by atoms with Gasteiger partial charge in [0.05, 0.1) is 12.8 Å². The summed E-state index contributed by atoms with van der Waals surface area (Å²) in [6.07, 6.45) is 0.680. The van der Waals surface area contributed by atoms with E-state index in [1.807, 2.05) is 30.3 Å². The van der Waals surface area contributed by atoms with Crippen molar-refractivity contribution < 1.29 is 9.13 Å². The smallest absolute Gasteiger partial charge is 0.146 e. The average Bonchev–Trinajstić information content (AvgIpc) is 2.43. The van der Waals surface area contributed by atoms with Gasteiger partial charge in [-0.2, -0.15) is 0 Å². The molecule has 0 atom stereocenters. The minimum atomic E-state index is -0.276. The van der Waals surface area contributed by atoms with Crippen molar-refractivity contribution >= 4 is 11.4 Å². The number of nitrogens with two attached hydrogens (primary N) is 1. The van der Waals surface area contributed by atoms with E-state index in [0.717, 1.165) is 17.0 Å². The second-order valence-corrected chi connectivity index (χ2v) is 4.21. The quantitative estimate of drug-likeness (QED) is 0.868. The second-order valence-electron chi connectivity index (χ2n) is 4.21. The standard InChI is InChI=1S/C15H17FN2O/c1-19-13-5-3-12(4-6-13)18-15-7-2-11(8-9-17)10-14(15)16/h2-7,10,18H,8-9,17H2,1H3. The van der Waals surface area contributed by atoms with Crippen molar-refractivity contribution in [3.05, 3.63) is 53.8 Å². The van der Waals surface area contributed by atoms with Gasteiger partial charge < -0.3 is 15.8 Å². The van der Waals surface area contributed by atoms with Gasteiger partial charge in [-0.1, -0.05) is 6.07 Å². The molecule has 0 amide bonds. The van der Waals surface area contributed by atoms with Crippen molar-refractivity contribution in [2.75, 3.05) is 19.0 Å². The third-order valence-corrected chi connectivity index (χ3v) is 2.84. The van der Waals surface area contributed by atoms with E-state index in [4.69, 9.17) is 10.5 Å². The molecule has 2 aromatic rings. The van der Waals surface area contributed by atoms with Crippen molar-refractivity contribution in [3.8, 4) is 5.75 Å². The molecule has 0 saturated heterocycles. The third-order valence-electron chi connectivity index (χ3n) is 2.84. The molecule has 0 aliphatic heterocycles. The maximum atomic E-state index is 13.9. The first-order valence-corrected chi connectivity index (χ1v) is 6.12. The fraction of sp³-hybridized carbons (Fsp3) is 0.200. The molecule has 3 nitrogen and oxygen atoms in total. The lowest BCUT2D eigenvalue weighted by Gasteiger charge is -2.09. The molecule has 0 saturated carbocycles. The first-order valence-electron chi connectivity index (χ1n) is 6.12. The minimum Gasteiger partial charge on any atom is -0.497 e. The molecule has 0 fully saturated rings. The summed E-state index contributed by atoms with van der Waals surface area (Å²) >= 11 is 0. The molecule has 0 aromatic heterocycles. The maximum absolute atomic E-state index is 13.9. The van der Waals surface area contributed by atoms with Crippen molar-refractivity contribution in [3.63, 3.8) is 0 Å². The summed E-state index contributed by atoms with van der Waals surface area (Å²) in [4.78, 5) is 0. The van der Waals surface area contributed by atoms with E-state index < -0.39 is 0 Å². The van der Waals surface area contributed by atoms with Crippen LogP contribution in [0.3, 0.4) is 0 Å². The van der Waals surface area contributed by atoms with E-state index in [1.165, 1.54) is 6.07 Å². The summed E-state index contributed by atoms with van der Waals surface area (Å²) in [5.41, 5.74) is 7.61. The highest BCUT2D eigenvalue weighted by molar-refractivity contribution is 5.61. The number of rotatable bonds is 5. The van der Waals surface area contributed by atoms with Crippen LogP contribution in [0, 0.1) is 5.82 Å². The number of hydrogen-bond acceptors (Lipinski definition) is 3. The molecule has 2 rings (SSSR count). The molecule has 4 heteroatoms. The van der Waals surface area contributed by atoms with E-state index in [-0.39, 0.29) is 5.82 Å². The Morgan fingerprint density at radius 3 is 2.47 bits per heavy atom. The highest BCUT2D eigenvalue weighted by Crippen LogP contribution is 2.23. The van der Waals surface area contributed by atoms with Crippen LogP contribution in [0.25, 0.3) is 0 Å². The Labute approximate surface area is 112 Å². The SMILES string of the molecule is COc1ccc(Nc2ccc(CCN)cc2F)cc1. The fourth-order valence-electron chi connectivity index (χ4n) is 1.81. The van der Waals surface area contributed by atoms with E-state index in [2.05, 4.69) is 5.32 Å². The summed E-state index contributed by atoms with van der Waals surface area (Å²) in [6, 6.07) is 12.4. The van der Waals surface area contributed by atoms with Crippen molar-refractivity contribution in [2.45, 2.75) is 6.42 Å². The van der Waals surface area contributed by atoms with Gasteiger partial charge in [-0.05, 0) is 54.9 Å². The summed E-state index contributed by atoms with van der Waals surface area (Å²) < 4.78 is 18.9. The van der Waals surface area contributed by atoms with Crippen LogP contribution in [0.1, 0.15) is 5.56 Å². The second kappa shape index (κ2) is 6.20. The highest BCUT2D eigenvalue weighted by Gasteiger charge is 2.04. The Kier molecular flexibility index (Phi) is 4.36. The van der Waals surface area contributed by atoms with Crippen LogP contribution in [0.4, 0.5) is 15.8 Å². The number of hydrogen-bond donors (Lipinski definition) is 2. The van der Waals surface area contributed by atoms with Gasteiger partial charge >= 0.3 is 0 Å². The number of nitrogens with one attached hydrogen (secondary N) is 1. The van der Waals surface area contributed by atoms with Gasteiger partial charge in [0.25, 0.3) is 0 Å². The van der Waals surface area contributed by atoms with Crippen LogP contribution < -0.4 is 15.8 Å². The van der Waals surface area contributed by atoms with E-state index in [1.54, 1.807) is 13.2 Å². The lowest BCUT2D eigenvalue weighted by Crippen LogP contribution is -2.03. The summed E-state index contributed by atoms with van der Waals surface area (Å²) in [5, 5.41) is 3.03. The first-order chi connectivity index (χ1) is 9.22. The van der Waals surface area contributed by atoms with Crippen LogP contribution >= 0.6 is 0 Å². The van der Waals surface area contributed by atoms with Gasteiger partial charge in [0.15, 0.2) is 0 Å². The molecule has 0 aliphatic rings. The number of ether oxygens (including phenoxy) is 1. The molecule has 0 aliphatic carbocycles. The maximum Gasteiger partial charge on any atom is 0.146 e. The zero-order chi connectivity index (χ0) is 13.7. The monoisotopic (exact) mass is 260 g/mol. The average molecular weight is 260 g/mol. The van der Waals surface area contributed by atoms with Crippen molar-refractivity contribution in [1.82, 2.24) is 0 Å². The van der Waals surface area contributed by atoms with Crippen LogP contribution in [0.15, 0.2) is 42.5 Å². The molecule has 0 heterocycles. The van der Waals surface area contributed by atoms with Gasteiger partial charge in [0, 0.05) is 5.69 Å². The first kappa shape index (κ1) is 13.4. The lowest BCUT2D eigenvalue weighted by atomic mass is 10.1. The summed E-state index contributed by atoms with van der Waals surface area (Å²) in [5.74, 6) is 0.492. The molecule has 0 radical (unpaired) electrons. The van der Waals surface area contributed by atoms with Crippen LogP contribution in [0.2, 0.25) is 0 Å². The molecule has 2 aromatic carbocycles. The molecule has 0 spiro atoms. The molecule has 100 valence electrons. The largest absolute Gasteiger partial charge is 0.497 e. The van der Waals surface area contributed by atoms with E-state index in [9.17, 15) is 4.39 Å². The Morgan fingerprint density at radius 2 is 1.89 bits per heavy atom. The van der Waals surface area contributed by atoms with Gasteiger partial charge in [-0.15, -0.1) is 0 Å². The zero-order valence-electron chi connectivity index (χ0n) is 10.8. The Balaban J connectivity index is 2.13. The molecule has 3 N–H and O–H groups in total. The van der Waals surface area contributed by atoms with E-state index >= 15 is 0 Å². The summed E-state index contributed by atoms with van der Waals surface area (Å²) in [7, 11) is 1.61. The predicted octanol–water partition coefficient (Wildman–Crippen LogP) is 3.08. The molecule has 0 bridgehead atoms. The van der Waals surface area contributed by atoms with E-state index in [0.29, 0.717) is 18.7 Å². The van der Waals surface area contributed by atoms with Gasteiger partial charge in [0.2, 0.25) is 0 Å². The number of halogens is 1. The Morgan fingerprint density at radius 1 is 1.16 bits per heavy atom. The topological polar surface area (TPSA) is 47.3 Å². The predicted molar refractivity (Wildman–Crippen MR) is 75.4 cm³/mol. The van der Waals surface area contributed by atoms with Crippen molar-refractivity contribution in [1.29, 1.82) is 0 Å². The van der Waals surface area contributed by atoms with Gasteiger partial charge in [-0.25, -0.2) is 4.39 Å². The number of anilines is 2. The van der Waals surface area contributed by atoms with Crippen LogP contribution in [-0.4, -0.2) is 13.7 Å². The minimum absolute atomic E-state index is 0.276. The summed E-state index contributed by atoms with van der Waals surface area (Å²) in [6.45, 7) is 0.519. The van der Waals surface area contributed by atoms with Gasteiger partial charge in [-0.3, -0.25) is 0 Å². The zero-order valence-corrected chi connectivity index (χ0v) is 10.8. The molecular formula is C15H17FN2O.